The predicted molar refractivity (Wildman–Crippen MR) is 100 cm³/mol. The van der Waals surface area contributed by atoms with Crippen molar-refractivity contribution in [3.05, 3.63) is 90.5 Å². The summed E-state index contributed by atoms with van der Waals surface area (Å²) in [6, 6.07) is 26.3. The Balaban J connectivity index is 2.02. The van der Waals surface area contributed by atoms with Crippen molar-refractivity contribution in [1.29, 1.82) is 0 Å². The summed E-state index contributed by atoms with van der Waals surface area (Å²) in [6.45, 7) is 0. The molecule has 4 heteroatoms. The molecule has 0 aliphatic heterocycles. The Morgan fingerprint density at radius 2 is 1.29 bits per heavy atom. The van der Waals surface area contributed by atoms with Crippen LogP contribution < -0.4 is 15.3 Å². The van der Waals surface area contributed by atoms with Crippen molar-refractivity contribution < 1.29 is 9.30 Å². The van der Waals surface area contributed by atoms with Crippen molar-refractivity contribution in [1.82, 2.24) is 0 Å². The first-order valence-electron chi connectivity index (χ1n) is 7.63. The van der Waals surface area contributed by atoms with E-state index in [1.54, 1.807) is 13.3 Å². The van der Waals surface area contributed by atoms with Crippen LogP contribution in [-0.4, -0.2) is 13.3 Å². The SMILES string of the molecule is COc1ccc(/C=N/P(=O)(c2ccccc2)c2ccccc2)cc1. The summed E-state index contributed by atoms with van der Waals surface area (Å²) in [4.78, 5) is 0. The molecule has 0 bridgehead atoms. The third-order valence-corrected chi connectivity index (χ3v) is 6.13. The lowest BCUT2D eigenvalue weighted by molar-refractivity contribution is 0.415. The number of hydrogen-bond donors (Lipinski definition) is 0. The van der Waals surface area contributed by atoms with Gasteiger partial charge in [0.1, 0.15) is 5.75 Å². The van der Waals surface area contributed by atoms with Gasteiger partial charge in [-0.2, -0.15) is 0 Å². The number of hydrogen-bond acceptors (Lipinski definition) is 2. The molecule has 3 rings (SSSR count). The van der Waals surface area contributed by atoms with Crippen molar-refractivity contribution >= 4 is 24.1 Å². The maximum Gasteiger partial charge on any atom is 0.247 e. The molecule has 0 spiro atoms. The fourth-order valence-corrected chi connectivity index (χ4v) is 4.39. The fraction of sp³-hybridized carbons (Fsp3) is 0.0500. The third-order valence-electron chi connectivity index (χ3n) is 3.70. The van der Waals surface area contributed by atoms with Crippen LogP contribution in [0.3, 0.4) is 0 Å². The molecule has 0 aliphatic rings. The Kier molecular flexibility index (Phi) is 4.93. The molecular weight excluding hydrogens is 317 g/mol. The molecule has 0 radical (unpaired) electrons. The summed E-state index contributed by atoms with van der Waals surface area (Å²) in [5.41, 5.74) is 0.878. The van der Waals surface area contributed by atoms with Crippen LogP contribution in [0.25, 0.3) is 0 Å². The van der Waals surface area contributed by atoms with E-state index >= 15 is 0 Å². The second-order valence-corrected chi connectivity index (χ2v) is 7.68. The predicted octanol–water partition coefficient (Wildman–Crippen LogP) is 4.04. The molecule has 3 nitrogen and oxygen atoms in total. The highest BCUT2D eigenvalue weighted by Gasteiger charge is 2.25. The van der Waals surface area contributed by atoms with Gasteiger partial charge in [0.25, 0.3) is 0 Å². The Morgan fingerprint density at radius 3 is 1.75 bits per heavy atom. The standard InChI is InChI=1S/C20H18NO2P/c1-23-18-14-12-17(13-15-18)16-21-24(22,19-8-4-2-5-9-19)20-10-6-3-7-11-20/h2-16H,1H3/b21-16+. The third kappa shape index (κ3) is 3.47. The average molecular weight is 335 g/mol. The smallest absolute Gasteiger partial charge is 0.247 e. The van der Waals surface area contributed by atoms with E-state index in [0.717, 1.165) is 21.9 Å². The number of nitrogens with zero attached hydrogens (tertiary/aromatic N) is 1. The topological polar surface area (TPSA) is 38.7 Å². The van der Waals surface area contributed by atoms with Gasteiger partial charge >= 0.3 is 0 Å². The monoisotopic (exact) mass is 335 g/mol. The molecule has 0 fully saturated rings. The summed E-state index contributed by atoms with van der Waals surface area (Å²) in [5.74, 6) is 0.779. The second kappa shape index (κ2) is 7.29. The van der Waals surface area contributed by atoms with Gasteiger partial charge in [0.2, 0.25) is 7.29 Å². The minimum atomic E-state index is -3.07. The van der Waals surface area contributed by atoms with Gasteiger partial charge < -0.3 is 4.74 Å². The van der Waals surface area contributed by atoms with E-state index in [1.165, 1.54) is 0 Å². The Hall–Kier alpha value is -2.64. The van der Waals surface area contributed by atoms with Crippen LogP contribution in [0.5, 0.6) is 5.75 Å². The van der Waals surface area contributed by atoms with Gasteiger partial charge in [-0.1, -0.05) is 36.4 Å². The van der Waals surface area contributed by atoms with Crippen LogP contribution in [0.4, 0.5) is 0 Å². The van der Waals surface area contributed by atoms with Crippen LogP contribution in [0.15, 0.2) is 89.7 Å². The van der Waals surface area contributed by atoms with Crippen molar-refractivity contribution in [2.75, 3.05) is 7.11 Å². The lowest BCUT2D eigenvalue weighted by atomic mass is 10.2. The van der Waals surface area contributed by atoms with Crippen LogP contribution in [0, 0.1) is 0 Å². The van der Waals surface area contributed by atoms with E-state index in [2.05, 4.69) is 4.76 Å². The molecule has 0 unspecified atom stereocenters. The summed E-state index contributed by atoms with van der Waals surface area (Å²) in [6.07, 6.45) is 1.67. The van der Waals surface area contributed by atoms with Gasteiger partial charge in [-0.25, -0.2) is 4.76 Å². The molecule has 0 N–H and O–H groups in total. The maximum atomic E-state index is 13.7. The van der Waals surface area contributed by atoms with E-state index in [9.17, 15) is 4.57 Å². The average Bonchev–Trinajstić information content (AvgIpc) is 2.68. The summed E-state index contributed by atoms with van der Waals surface area (Å²) < 4.78 is 23.4. The fourth-order valence-electron chi connectivity index (χ4n) is 2.38. The molecule has 0 saturated carbocycles. The lowest BCUT2D eigenvalue weighted by Crippen LogP contribution is -2.14. The van der Waals surface area contributed by atoms with Crippen molar-refractivity contribution in [3.63, 3.8) is 0 Å². The first-order chi connectivity index (χ1) is 11.7. The zero-order valence-corrected chi connectivity index (χ0v) is 14.3. The molecule has 3 aromatic rings. The lowest BCUT2D eigenvalue weighted by Gasteiger charge is -2.14. The molecule has 3 aromatic carbocycles. The van der Waals surface area contributed by atoms with Gasteiger partial charge in [-0.15, -0.1) is 0 Å². The summed E-state index contributed by atoms with van der Waals surface area (Å²) in [5, 5.41) is 1.45. The number of rotatable bonds is 5. The zero-order valence-electron chi connectivity index (χ0n) is 13.4. The zero-order chi connectivity index (χ0) is 16.8. The maximum absolute atomic E-state index is 13.7. The number of ether oxygens (including phenoxy) is 1. The van der Waals surface area contributed by atoms with Gasteiger partial charge in [-0.05, 0) is 54.1 Å². The molecule has 0 aromatic heterocycles. The van der Waals surface area contributed by atoms with E-state index in [1.807, 2.05) is 84.9 Å². The van der Waals surface area contributed by atoms with Crippen LogP contribution in [-0.2, 0) is 4.57 Å². The van der Waals surface area contributed by atoms with Crippen molar-refractivity contribution in [2.24, 2.45) is 4.76 Å². The summed E-state index contributed by atoms with van der Waals surface area (Å²) in [7, 11) is -1.44. The largest absolute Gasteiger partial charge is 0.497 e. The Morgan fingerprint density at radius 1 is 0.792 bits per heavy atom. The minimum absolute atomic E-state index is 0.723. The minimum Gasteiger partial charge on any atom is -0.497 e. The highest BCUT2D eigenvalue weighted by molar-refractivity contribution is 7.77. The van der Waals surface area contributed by atoms with Crippen LogP contribution >= 0.6 is 7.29 Å². The van der Waals surface area contributed by atoms with E-state index in [-0.39, 0.29) is 0 Å². The van der Waals surface area contributed by atoms with Crippen LogP contribution in [0.1, 0.15) is 5.56 Å². The quantitative estimate of drug-likeness (QED) is 0.521. The van der Waals surface area contributed by atoms with E-state index < -0.39 is 7.29 Å². The van der Waals surface area contributed by atoms with Gasteiger partial charge in [0.15, 0.2) is 0 Å². The molecule has 0 amide bonds. The normalized spacial score (nSPS) is 11.5. The van der Waals surface area contributed by atoms with Crippen LogP contribution in [0.2, 0.25) is 0 Å². The highest BCUT2D eigenvalue weighted by Crippen LogP contribution is 2.44. The molecule has 0 atom stereocenters. The molecule has 120 valence electrons. The summed E-state index contributed by atoms with van der Waals surface area (Å²) >= 11 is 0. The molecule has 0 heterocycles. The van der Waals surface area contributed by atoms with Gasteiger partial charge in [-0.3, -0.25) is 4.57 Å². The highest BCUT2D eigenvalue weighted by atomic mass is 31.2. The molecule has 0 aliphatic carbocycles. The van der Waals surface area contributed by atoms with Crippen molar-refractivity contribution in [2.45, 2.75) is 0 Å². The van der Waals surface area contributed by atoms with Gasteiger partial charge in [0, 0.05) is 16.8 Å². The van der Waals surface area contributed by atoms with Gasteiger partial charge in [0.05, 0.1) is 7.11 Å². The Labute approximate surface area is 142 Å². The molecular formula is C20H18NO2P. The number of methoxy groups -OCH3 is 1. The first kappa shape index (κ1) is 16.2. The number of benzene rings is 3. The Bertz CT molecular complexity index is 816. The second-order valence-electron chi connectivity index (χ2n) is 5.26. The molecule has 0 saturated heterocycles. The van der Waals surface area contributed by atoms with E-state index in [4.69, 9.17) is 4.74 Å². The van der Waals surface area contributed by atoms with Crippen molar-refractivity contribution in [3.8, 4) is 5.75 Å². The molecule has 24 heavy (non-hydrogen) atoms. The first-order valence-corrected chi connectivity index (χ1v) is 9.29. The van der Waals surface area contributed by atoms with E-state index in [0.29, 0.717) is 0 Å².